The van der Waals surface area contributed by atoms with Gasteiger partial charge in [-0.3, -0.25) is 0 Å². The molecule has 0 bridgehead atoms. The van der Waals surface area contributed by atoms with Crippen LogP contribution in [0.1, 0.15) is 41.4 Å². The minimum atomic E-state index is 0.499. The van der Waals surface area contributed by atoms with Crippen LogP contribution in [0.25, 0.3) is 11.4 Å². The Balaban J connectivity index is 1.24. The lowest BCUT2D eigenvalue weighted by Gasteiger charge is -2.31. The number of thiophene rings is 1. The molecule has 0 radical (unpaired) electrons. The summed E-state index contributed by atoms with van der Waals surface area (Å²) in [4.78, 5) is 3.92. The van der Waals surface area contributed by atoms with Crippen LogP contribution in [0.3, 0.4) is 0 Å². The molecule has 4 nitrogen and oxygen atoms in total. The molecular weight excluding hydrogens is 423 g/mol. The lowest BCUT2D eigenvalue weighted by molar-refractivity contribution is 0.209. The first-order valence-electron chi connectivity index (χ1n) is 10.4. The minimum Gasteiger partial charge on any atom is -0.311 e. The van der Waals surface area contributed by atoms with Gasteiger partial charge in [-0.15, -0.1) is 21.5 Å². The van der Waals surface area contributed by atoms with Crippen molar-refractivity contribution in [2.75, 3.05) is 19.6 Å². The van der Waals surface area contributed by atoms with Gasteiger partial charge in [-0.1, -0.05) is 35.3 Å². The van der Waals surface area contributed by atoms with Crippen LogP contribution in [-0.2, 0) is 19.4 Å². The number of likely N-dealkylation sites (tertiary alicyclic amines) is 1. The van der Waals surface area contributed by atoms with Crippen molar-refractivity contribution in [3.63, 3.8) is 0 Å². The van der Waals surface area contributed by atoms with Gasteiger partial charge < -0.3 is 9.47 Å². The fourth-order valence-corrected chi connectivity index (χ4v) is 5.99. The summed E-state index contributed by atoms with van der Waals surface area (Å²) in [6.07, 6.45) is 5.58. The summed E-state index contributed by atoms with van der Waals surface area (Å²) in [7, 11) is 0. The summed E-state index contributed by atoms with van der Waals surface area (Å²) in [5, 5.41) is 10.0. The van der Waals surface area contributed by atoms with Crippen LogP contribution in [0.2, 0.25) is 9.36 Å². The molecule has 0 saturated carbocycles. The summed E-state index contributed by atoms with van der Waals surface area (Å²) >= 11 is 13.9. The van der Waals surface area contributed by atoms with Crippen LogP contribution in [-0.4, -0.2) is 39.3 Å². The molecule has 5 rings (SSSR count). The summed E-state index contributed by atoms with van der Waals surface area (Å²) in [6, 6.07) is 10.3. The monoisotopic (exact) mass is 446 g/mol. The van der Waals surface area contributed by atoms with Gasteiger partial charge in [0.15, 0.2) is 5.82 Å². The summed E-state index contributed by atoms with van der Waals surface area (Å²) in [5.74, 6) is 2.69. The quantitative estimate of drug-likeness (QED) is 0.516. The Labute approximate surface area is 185 Å². The molecule has 1 aromatic carbocycles. The highest BCUT2D eigenvalue weighted by Gasteiger charge is 2.28. The third-order valence-corrected chi connectivity index (χ3v) is 7.74. The molecule has 2 aliphatic rings. The predicted molar refractivity (Wildman–Crippen MR) is 120 cm³/mol. The second kappa shape index (κ2) is 8.38. The van der Waals surface area contributed by atoms with E-state index in [-0.39, 0.29) is 0 Å². The highest BCUT2D eigenvalue weighted by atomic mass is 35.5. The van der Waals surface area contributed by atoms with E-state index in [9.17, 15) is 0 Å². The molecule has 29 heavy (non-hydrogen) atoms. The van der Waals surface area contributed by atoms with E-state index in [1.165, 1.54) is 21.8 Å². The van der Waals surface area contributed by atoms with E-state index < -0.39 is 0 Å². The number of halogens is 2. The SMILES string of the molecule is Clc1ccc(CCN2CCC(c3nnc4n3CCCc3sc(Cl)cc3-4)CC2)cc1. The number of hydrogen-bond acceptors (Lipinski definition) is 4. The Kier molecular flexibility index (Phi) is 5.65. The first-order chi connectivity index (χ1) is 14.2. The molecule has 0 amide bonds. The number of piperidine rings is 1. The van der Waals surface area contributed by atoms with Gasteiger partial charge >= 0.3 is 0 Å². The first-order valence-corrected chi connectivity index (χ1v) is 11.9. The van der Waals surface area contributed by atoms with Crippen molar-refractivity contribution >= 4 is 34.5 Å². The van der Waals surface area contributed by atoms with Gasteiger partial charge in [-0.05, 0) is 69.0 Å². The van der Waals surface area contributed by atoms with E-state index in [0.29, 0.717) is 5.92 Å². The Morgan fingerprint density at radius 3 is 2.62 bits per heavy atom. The van der Waals surface area contributed by atoms with Gasteiger partial charge in [-0.25, -0.2) is 0 Å². The van der Waals surface area contributed by atoms with Crippen LogP contribution in [0.15, 0.2) is 30.3 Å². The minimum absolute atomic E-state index is 0.499. The van der Waals surface area contributed by atoms with E-state index in [1.54, 1.807) is 11.3 Å². The van der Waals surface area contributed by atoms with Crippen LogP contribution in [0.5, 0.6) is 0 Å². The van der Waals surface area contributed by atoms with E-state index in [2.05, 4.69) is 37.9 Å². The number of benzene rings is 1. The average Bonchev–Trinajstić information content (AvgIpc) is 3.27. The maximum absolute atomic E-state index is 6.27. The predicted octanol–water partition coefficient (Wildman–Crippen LogP) is 5.68. The number of hydrogen-bond donors (Lipinski definition) is 0. The zero-order valence-electron chi connectivity index (χ0n) is 16.3. The third kappa shape index (κ3) is 4.11. The largest absolute Gasteiger partial charge is 0.311 e. The van der Waals surface area contributed by atoms with Crippen molar-refractivity contribution in [2.24, 2.45) is 0 Å². The maximum atomic E-state index is 6.27. The van der Waals surface area contributed by atoms with Crippen LogP contribution < -0.4 is 0 Å². The van der Waals surface area contributed by atoms with Crippen molar-refractivity contribution < 1.29 is 0 Å². The lowest BCUT2D eigenvalue weighted by Crippen LogP contribution is -2.35. The Bertz CT molecular complexity index is 987. The molecule has 152 valence electrons. The Hall–Kier alpha value is -1.40. The molecule has 0 spiro atoms. The summed E-state index contributed by atoms with van der Waals surface area (Å²) < 4.78 is 3.21. The zero-order chi connectivity index (χ0) is 19.8. The van der Waals surface area contributed by atoms with Crippen molar-refractivity contribution in [3.8, 4) is 11.4 Å². The number of fused-ring (bicyclic) bond motifs is 3. The van der Waals surface area contributed by atoms with Crippen molar-refractivity contribution in [3.05, 3.63) is 56.0 Å². The summed E-state index contributed by atoms with van der Waals surface area (Å²) in [5.41, 5.74) is 2.54. The van der Waals surface area contributed by atoms with Crippen molar-refractivity contribution in [1.29, 1.82) is 0 Å². The topological polar surface area (TPSA) is 34.0 Å². The van der Waals surface area contributed by atoms with Gasteiger partial charge in [0.25, 0.3) is 0 Å². The normalized spacial score (nSPS) is 17.7. The number of nitrogens with zero attached hydrogens (tertiary/aromatic N) is 4. The molecule has 2 aliphatic heterocycles. The van der Waals surface area contributed by atoms with Gasteiger partial charge in [0, 0.05) is 34.5 Å². The van der Waals surface area contributed by atoms with Crippen LogP contribution in [0.4, 0.5) is 0 Å². The molecule has 2 aromatic heterocycles. The van der Waals surface area contributed by atoms with Gasteiger partial charge in [0.1, 0.15) is 5.82 Å². The number of aryl methyl sites for hydroxylation is 1. The van der Waals surface area contributed by atoms with E-state index in [0.717, 1.165) is 73.5 Å². The van der Waals surface area contributed by atoms with Gasteiger partial charge in [0.05, 0.1) is 4.34 Å². The molecule has 1 saturated heterocycles. The smallest absolute Gasteiger partial charge is 0.165 e. The van der Waals surface area contributed by atoms with Crippen molar-refractivity contribution in [1.82, 2.24) is 19.7 Å². The lowest BCUT2D eigenvalue weighted by atomic mass is 9.95. The van der Waals surface area contributed by atoms with E-state index in [4.69, 9.17) is 23.2 Å². The number of rotatable bonds is 4. The second-order valence-corrected chi connectivity index (χ2v) is 10.2. The molecule has 4 heterocycles. The van der Waals surface area contributed by atoms with Gasteiger partial charge in [0.2, 0.25) is 0 Å². The second-order valence-electron chi connectivity index (χ2n) is 8.02. The van der Waals surface area contributed by atoms with Crippen molar-refractivity contribution in [2.45, 2.75) is 44.6 Å². The molecule has 7 heteroatoms. The standard InChI is InChI=1S/C22H24Cl2N4S/c23-17-5-3-15(4-6-17)7-11-27-12-8-16(9-13-27)21-25-26-22-18-14-20(24)29-19(18)2-1-10-28(21)22/h3-6,14,16H,1-2,7-13H2. The highest BCUT2D eigenvalue weighted by Crippen LogP contribution is 2.38. The van der Waals surface area contributed by atoms with E-state index in [1.807, 2.05) is 12.1 Å². The Morgan fingerprint density at radius 1 is 1.03 bits per heavy atom. The molecule has 1 fully saturated rings. The van der Waals surface area contributed by atoms with Crippen LogP contribution in [0, 0.1) is 0 Å². The molecule has 0 atom stereocenters. The molecule has 0 aliphatic carbocycles. The Morgan fingerprint density at radius 2 is 1.83 bits per heavy atom. The summed E-state index contributed by atoms with van der Waals surface area (Å²) in [6.45, 7) is 4.35. The zero-order valence-corrected chi connectivity index (χ0v) is 18.6. The fraction of sp³-hybridized carbons (Fsp3) is 0.455. The fourth-order valence-electron chi connectivity index (χ4n) is 4.56. The average molecular weight is 447 g/mol. The molecule has 0 unspecified atom stereocenters. The van der Waals surface area contributed by atoms with Crippen LogP contribution >= 0.6 is 34.5 Å². The van der Waals surface area contributed by atoms with Gasteiger partial charge in [-0.2, -0.15) is 0 Å². The number of aromatic nitrogens is 3. The molecular formula is C22H24Cl2N4S. The van der Waals surface area contributed by atoms with E-state index >= 15 is 0 Å². The third-order valence-electron chi connectivity index (χ3n) is 6.17. The highest BCUT2D eigenvalue weighted by molar-refractivity contribution is 7.16. The first kappa shape index (κ1) is 19.6. The maximum Gasteiger partial charge on any atom is 0.165 e. The molecule has 3 aromatic rings. The molecule has 0 N–H and O–H groups in total.